The minimum absolute atomic E-state index is 0.0584. The average molecular weight is 405 g/mol. The molecule has 2 aromatic heterocycles. The molecular formula is C21H23N7O2. The highest BCUT2D eigenvalue weighted by atomic mass is 16.2. The van der Waals surface area contributed by atoms with Crippen LogP contribution < -0.4 is 16.0 Å². The smallest absolute Gasteiger partial charge is 0.253 e. The molecule has 0 saturated heterocycles. The van der Waals surface area contributed by atoms with Gasteiger partial charge in [-0.05, 0) is 30.7 Å². The number of hydrogen-bond donors (Lipinski definition) is 2. The van der Waals surface area contributed by atoms with Crippen LogP contribution in [0.15, 0.2) is 49.2 Å². The van der Waals surface area contributed by atoms with Crippen LogP contribution in [0.1, 0.15) is 26.3 Å². The maximum Gasteiger partial charge on any atom is 0.253 e. The fraction of sp³-hybridized carbons (Fsp3) is 0.190. The van der Waals surface area contributed by atoms with Gasteiger partial charge in [0.15, 0.2) is 0 Å². The number of nitrogens with zero attached hydrogens (tertiary/aromatic N) is 5. The molecule has 0 fully saturated rings. The summed E-state index contributed by atoms with van der Waals surface area (Å²) in [5, 5.41) is 3.21. The average Bonchev–Trinajstić information content (AvgIpc) is 2.73. The van der Waals surface area contributed by atoms with Gasteiger partial charge in [0.25, 0.3) is 11.8 Å². The third kappa shape index (κ3) is 4.35. The van der Waals surface area contributed by atoms with Crippen LogP contribution in [0.4, 0.5) is 22.9 Å². The second-order valence-electron chi connectivity index (χ2n) is 6.96. The minimum Gasteiger partial charge on any atom is -0.365 e. The van der Waals surface area contributed by atoms with Crippen LogP contribution in [-0.2, 0) is 0 Å². The fourth-order valence-corrected chi connectivity index (χ4v) is 2.95. The lowest BCUT2D eigenvalue weighted by Crippen LogP contribution is -2.22. The Morgan fingerprint density at radius 1 is 1.00 bits per heavy atom. The van der Waals surface area contributed by atoms with E-state index >= 15 is 0 Å². The number of anilines is 4. The Kier molecular flexibility index (Phi) is 5.91. The van der Waals surface area contributed by atoms with Crippen molar-refractivity contribution in [1.29, 1.82) is 0 Å². The summed E-state index contributed by atoms with van der Waals surface area (Å²) in [6, 6.07) is 7.17. The number of pyridine rings is 1. The number of aryl methyl sites for hydroxylation is 1. The molecule has 0 spiro atoms. The molecule has 0 aliphatic carbocycles. The molecule has 1 aromatic carbocycles. The number of benzene rings is 1. The minimum atomic E-state index is -0.588. The molecule has 2 amide bonds. The summed E-state index contributed by atoms with van der Waals surface area (Å²) in [7, 11) is 5.22. The van der Waals surface area contributed by atoms with Gasteiger partial charge < -0.3 is 20.9 Å². The van der Waals surface area contributed by atoms with Crippen molar-refractivity contribution in [2.75, 3.05) is 31.4 Å². The second-order valence-corrected chi connectivity index (χ2v) is 6.96. The molecule has 9 nitrogen and oxygen atoms in total. The van der Waals surface area contributed by atoms with Crippen molar-refractivity contribution in [3.8, 4) is 0 Å². The number of hydrogen-bond acceptors (Lipinski definition) is 7. The van der Waals surface area contributed by atoms with E-state index in [2.05, 4.69) is 20.3 Å². The lowest BCUT2D eigenvalue weighted by atomic mass is 10.1. The van der Waals surface area contributed by atoms with Crippen LogP contribution in [0.25, 0.3) is 0 Å². The van der Waals surface area contributed by atoms with Crippen molar-refractivity contribution in [2.45, 2.75) is 6.92 Å². The normalized spacial score (nSPS) is 10.4. The van der Waals surface area contributed by atoms with Crippen molar-refractivity contribution < 1.29 is 9.59 Å². The van der Waals surface area contributed by atoms with Crippen molar-refractivity contribution in [3.05, 3.63) is 65.9 Å². The summed E-state index contributed by atoms with van der Waals surface area (Å²) in [4.78, 5) is 39.7. The topological polar surface area (TPSA) is 117 Å². The highest BCUT2D eigenvalue weighted by Crippen LogP contribution is 2.29. The van der Waals surface area contributed by atoms with E-state index in [4.69, 9.17) is 5.73 Å². The van der Waals surface area contributed by atoms with Crippen molar-refractivity contribution in [2.24, 2.45) is 5.73 Å². The Labute approximate surface area is 174 Å². The fourth-order valence-electron chi connectivity index (χ4n) is 2.95. The molecule has 9 heteroatoms. The molecule has 3 N–H and O–H groups in total. The predicted octanol–water partition coefficient (Wildman–Crippen LogP) is 2.49. The van der Waals surface area contributed by atoms with Gasteiger partial charge in [-0.2, -0.15) is 0 Å². The number of primary amides is 1. The lowest BCUT2D eigenvalue weighted by Gasteiger charge is -2.21. The first-order chi connectivity index (χ1) is 14.3. The van der Waals surface area contributed by atoms with Gasteiger partial charge in [-0.15, -0.1) is 0 Å². The zero-order chi connectivity index (χ0) is 21.8. The maximum atomic E-state index is 12.2. The van der Waals surface area contributed by atoms with Crippen LogP contribution in [0.2, 0.25) is 0 Å². The molecule has 2 heterocycles. The zero-order valence-electron chi connectivity index (χ0n) is 17.2. The third-order valence-corrected chi connectivity index (χ3v) is 4.58. The van der Waals surface area contributed by atoms with E-state index in [-0.39, 0.29) is 11.5 Å². The van der Waals surface area contributed by atoms with E-state index in [9.17, 15) is 9.59 Å². The number of amides is 2. The van der Waals surface area contributed by atoms with E-state index in [0.29, 0.717) is 22.8 Å². The van der Waals surface area contributed by atoms with Crippen molar-refractivity contribution >= 4 is 34.7 Å². The maximum absolute atomic E-state index is 12.2. The van der Waals surface area contributed by atoms with Crippen molar-refractivity contribution in [3.63, 3.8) is 0 Å². The molecule has 0 aliphatic heterocycles. The first-order valence-corrected chi connectivity index (χ1v) is 9.16. The Balaban J connectivity index is 1.93. The molecule has 3 aromatic rings. The Morgan fingerprint density at radius 3 is 2.30 bits per heavy atom. The molecule has 30 heavy (non-hydrogen) atoms. The summed E-state index contributed by atoms with van der Waals surface area (Å²) in [6.07, 6.45) is 6.13. The first kappa shape index (κ1) is 20.7. The van der Waals surface area contributed by atoms with Gasteiger partial charge in [-0.25, -0.2) is 15.0 Å². The van der Waals surface area contributed by atoms with Gasteiger partial charge in [-0.3, -0.25) is 9.59 Å². The van der Waals surface area contributed by atoms with Gasteiger partial charge in [-0.1, -0.05) is 0 Å². The highest BCUT2D eigenvalue weighted by molar-refractivity contribution is 6.00. The SMILES string of the molecule is Cc1cc(Nc2cc(N(C)c3cncnc3)c(C(N)=O)cn2)ccc1C(=O)N(C)C. The number of rotatable bonds is 6. The molecular weight excluding hydrogens is 382 g/mol. The molecule has 0 atom stereocenters. The lowest BCUT2D eigenvalue weighted by molar-refractivity contribution is 0.0826. The van der Waals surface area contributed by atoms with Crippen LogP contribution in [0.5, 0.6) is 0 Å². The summed E-state index contributed by atoms with van der Waals surface area (Å²) in [5.41, 5.74) is 9.29. The largest absolute Gasteiger partial charge is 0.365 e. The summed E-state index contributed by atoms with van der Waals surface area (Å²) in [5.74, 6) is -0.128. The summed E-state index contributed by atoms with van der Waals surface area (Å²) < 4.78 is 0. The predicted molar refractivity (Wildman–Crippen MR) is 115 cm³/mol. The van der Waals surface area contributed by atoms with E-state index in [1.54, 1.807) is 50.6 Å². The van der Waals surface area contributed by atoms with Crippen LogP contribution in [0.3, 0.4) is 0 Å². The van der Waals surface area contributed by atoms with E-state index in [1.807, 2.05) is 19.1 Å². The number of aromatic nitrogens is 3. The quantitative estimate of drug-likeness (QED) is 0.647. The Hall–Kier alpha value is -4.01. The third-order valence-electron chi connectivity index (χ3n) is 4.58. The standard InChI is InChI=1S/C21H23N7O2/c1-13-7-14(5-6-16(13)21(30)27(2)3)26-19-8-18(17(11-25-19)20(22)29)28(4)15-9-23-12-24-10-15/h5-12H,1-4H3,(H2,22,29)(H,25,26). The van der Waals surface area contributed by atoms with Crippen LogP contribution >= 0.6 is 0 Å². The number of nitrogens with one attached hydrogen (secondary N) is 1. The molecule has 154 valence electrons. The van der Waals surface area contributed by atoms with Gasteiger partial charge in [0.1, 0.15) is 12.1 Å². The van der Waals surface area contributed by atoms with Gasteiger partial charge in [0.05, 0.1) is 29.3 Å². The van der Waals surface area contributed by atoms with E-state index in [1.165, 1.54) is 17.4 Å². The molecule has 0 bridgehead atoms. The molecule has 0 radical (unpaired) electrons. The summed E-state index contributed by atoms with van der Waals surface area (Å²) >= 11 is 0. The van der Waals surface area contributed by atoms with Gasteiger partial charge in [0, 0.05) is 44.7 Å². The number of carbonyl (C=O) groups is 2. The number of nitrogens with two attached hydrogens (primary N) is 1. The van der Waals surface area contributed by atoms with Crippen LogP contribution in [0, 0.1) is 6.92 Å². The van der Waals surface area contributed by atoms with Crippen molar-refractivity contribution in [1.82, 2.24) is 19.9 Å². The molecule has 0 saturated carbocycles. The van der Waals surface area contributed by atoms with Crippen LogP contribution in [-0.4, -0.2) is 52.8 Å². The van der Waals surface area contributed by atoms with E-state index < -0.39 is 5.91 Å². The second kappa shape index (κ2) is 8.56. The monoisotopic (exact) mass is 405 g/mol. The van der Waals surface area contributed by atoms with Gasteiger partial charge in [0.2, 0.25) is 0 Å². The first-order valence-electron chi connectivity index (χ1n) is 9.16. The Morgan fingerprint density at radius 2 is 1.70 bits per heavy atom. The molecule has 0 unspecified atom stereocenters. The van der Waals surface area contributed by atoms with Gasteiger partial charge >= 0.3 is 0 Å². The summed E-state index contributed by atoms with van der Waals surface area (Å²) in [6.45, 7) is 1.88. The van der Waals surface area contributed by atoms with E-state index in [0.717, 1.165) is 11.3 Å². The number of carbonyl (C=O) groups excluding carboxylic acids is 2. The highest BCUT2D eigenvalue weighted by Gasteiger charge is 2.16. The molecule has 3 rings (SSSR count). The zero-order valence-corrected chi connectivity index (χ0v) is 17.2. The Bertz CT molecular complexity index is 1080. The molecule has 0 aliphatic rings.